The van der Waals surface area contributed by atoms with Gasteiger partial charge in [0.15, 0.2) is 0 Å². The lowest BCUT2D eigenvalue weighted by Gasteiger charge is -2.04. The fourth-order valence-electron chi connectivity index (χ4n) is 2.62. The monoisotopic (exact) mass is 271 g/mol. The second-order valence-electron chi connectivity index (χ2n) is 4.53. The van der Waals surface area contributed by atoms with Crippen LogP contribution in [0.1, 0.15) is 26.3 Å². The Morgan fingerprint density at radius 2 is 1.80 bits per heavy atom. The van der Waals surface area contributed by atoms with Crippen LogP contribution in [0.2, 0.25) is 0 Å². The zero-order chi connectivity index (χ0) is 14.3. The van der Waals surface area contributed by atoms with Crippen LogP contribution >= 0.6 is 0 Å². The van der Waals surface area contributed by atoms with E-state index in [2.05, 4.69) is 0 Å². The summed E-state index contributed by atoms with van der Waals surface area (Å²) in [6.07, 6.45) is 1.65. The number of hydrogen-bond donors (Lipinski definition) is 0. The van der Waals surface area contributed by atoms with Crippen molar-refractivity contribution in [2.24, 2.45) is 0 Å². The number of benzene rings is 1. The molecule has 0 saturated carbocycles. The van der Waals surface area contributed by atoms with Gasteiger partial charge in [-0.1, -0.05) is 24.3 Å². The summed E-state index contributed by atoms with van der Waals surface area (Å²) >= 11 is 0. The molecule has 5 heteroatoms. The van der Waals surface area contributed by atoms with Crippen LogP contribution in [-0.2, 0) is 16.0 Å². The molecule has 0 unspecified atom stereocenters. The van der Waals surface area contributed by atoms with Crippen molar-refractivity contribution in [1.29, 1.82) is 0 Å². The van der Waals surface area contributed by atoms with Crippen LogP contribution in [-0.4, -0.2) is 30.7 Å². The van der Waals surface area contributed by atoms with Crippen LogP contribution in [0.4, 0.5) is 0 Å². The van der Waals surface area contributed by atoms with Crippen molar-refractivity contribution in [2.45, 2.75) is 6.54 Å². The zero-order valence-corrected chi connectivity index (χ0v) is 11.2. The first-order valence-electron chi connectivity index (χ1n) is 6.15. The number of hydrogen-bond acceptors (Lipinski definition) is 4. The van der Waals surface area contributed by atoms with Crippen molar-refractivity contribution in [3.8, 4) is 11.3 Å². The molecule has 0 bridgehead atoms. The summed E-state index contributed by atoms with van der Waals surface area (Å²) in [6, 6.07) is 7.79. The minimum atomic E-state index is -0.537. The Bertz CT molecular complexity index is 715. The van der Waals surface area contributed by atoms with E-state index in [1.807, 2.05) is 28.8 Å². The van der Waals surface area contributed by atoms with Crippen molar-refractivity contribution in [3.63, 3.8) is 0 Å². The summed E-state index contributed by atoms with van der Waals surface area (Å²) in [5, 5.41) is 0. The Morgan fingerprint density at radius 3 is 2.50 bits per heavy atom. The maximum Gasteiger partial charge on any atom is 0.340 e. The highest BCUT2D eigenvalue weighted by molar-refractivity contribution is 6.08. The fourth-order valence-corrected chi connectivity index (χ4v) is 2.62. The Morgan fingerprint density at radius 1 is 1.10 bits per heavy atom. The molecule has 0 fully saturated rings. The second-order valence-corrected chi connectivity index (χ2v) is 4.53. The van der Waals surface area contributed by atoms with Crippen LogP contribution in [0, 0.1) is 0 Å². The lowest BCUT2D eigenvalue weighted by Crippen LogP contribution is -2.10. The molecule has 3 rings (SSSR count). The molecule has 102 valence electrons. The average Bonchev–Trinajstić information content (AvgIpc) is 3.01. The molecule has 0 radical (unpaired) electrons. The highest BCUT2D eigenvalue weighted by atomic mass is 16.5. The number of carbonyl (C=O) groups is 2. The first kappa shape index (κ1) is 12.5. The SMILES string of the molecule is COC(=O)c1cn2c(c1C(=O)OC)-c1ccccc1C2. The van der Waals surface area contributed by atoms with E-state index in [-0.39, 0.29) is 11.1 Å². The standard InChI is InChI=1S/C15H13NO4/c1-19-14(17)11-8-16-7-9-5-3-4-6-10(9)13(16)12(11)15(18)20-2/h3-6,8H,7H2,1-2H3. The zero-order valence-electron chi connectivity index (χ0n) is 11.2. The largest absolute Gasteiger partial charge is 0.465 e. The summed E-state index contributed by atoms with van der Waals surface area (Å²) in [5.74, 6) is -1.07. The van der Waals surface area contributed by atoms with Gasteiger partial charge in [0.1, 0.15) is 0 Å². The summed E-state index contributed by atoms with van der Waals surface area (Å²) in [6.45, 7) is 0.631. The number of aromatic nitrogens is 1. The fraction of sp³-hybridized carbons (Fsp3) is 0.200. The van der Waals surface area contributed by atoms with Gasteiger partial charge in [0.2, 0.25) is 0 Å². The first-order valence-corrected chi connectivity index (χ1v) is 6.15. The number of nitrogens with zero attached hydrogens (tertiary/aromatic N) is 1. The molecule has 1 aliphatic rings. The van der Waals surface area contributed by atoms with Crippen molar-refractivity contribution in [2.75, 3.05) is 14.2 Å². The molecule has 20 heavy (non-hydrogen) atoms. The van der Waals surface area contributed by atoms with Crippen molar-refractivity contribution in [3.05, 3.63) is 47.2 Å². The number of carbonyl (C=O) groups excluding carboxylic acids is 2. The Balaban J connectivity index is 2.26. The van der Waals surface area contributed by atoms with Gasteiger partial charge in [0.05, 0.1) is 31.0 Å². The van der Waals surface area contributed by atoms with Gasteiger partial charge >= 0.3 is 11.9 Å². The quantitative estimate of drug-likeness (QED) is 0.670. The molecular weight excluding hydrogens is 258 g/mol. The van der Waals surface area contributed by atoms with Gasteiger partial charge in [-0.05, 0) is 5.56 Å². The van der Waals surface area contributed by atoms with Crippen LogP contribution in [0.15, 0.2) is 30.5 Å². The van der Waals surface area contributed by atoms with E-state index in [1.165, 1.54) is 14.2 Å². The number of rotatable bonds is 2. The molecule has 0 atom stereocenters. The van der Waals surface area contributed by atoms with E-state index in [1.54, 1.807) is 6.20 Å². The van der Waals surface area contributed by atoms with E-state index in [9.17, 15) is 9.59 Å². The van der Waals surface area contributed by atoms with Gasteiger partial charge in [-0.3, -0.25) is 0 Å². The summed E-state index contributed by atoms with van der Waals surface area (Å²) in [5.41, 5.74) is 3.29. The van der Waals surface area contributed by atoms with Crippen LogP contribution in [0.5, 0.6) is 0 Å². The predicted octanol–water partition coefficient (Wildman–Crippen LogP) is 2.09. The second kappa shape index (κ2) is 4.52. The summed E-state index contributed by atoms with van der Waals surface area (Å²) in [7, 11) is 2.59. The van der Waals surface area contributed by atoms with Crippen molar-refractivity contribution in [1.82, 2.24) is 4.57 Å². The van der Waals surface area contributed by atoms with Crippen molar-refractivity contribution < 1.29 is 19.1 Å². The molecule has 0 amide bonds. The predicted molar refractivity (Wildman–Crippen MR) is 71.6 cm³/mol. The van der Waals surface area contributed by atoms with Crippen LogP contribution in [0.25, 0.3) is 11.3 Å². The summed E-state index contributed by atoms with van der Waals surface area (Å²) in [4.78, 5) is 23.9. The molecule has 0 saturated heterocycles. The van der Waals surface area contributed by atoms with Crippen LogP contribution < -0.4 is 0 Å². The van der Waals surface area contributed by atoms with Gasteiger partial charge in [-0.15, -0.1) is 0 Å². The Labute approximate surface area is 115 Å². The molecule has 2 aromatic rings. The normalized spacial score (nSPS) is 11.7. The molecule has 0 aliphatic carbocycles. The van der Waals surface area contributed by atoms with E-state index < -0.39 is 11.9 Å². The smallest absolute Gasteiger partial charge is 0.340 e. The molecule has 0 N–H and O–H groups in total. The minimum Gasteiger partial charge on any atom is -0.465 e. The Kier molecular flexibility index (Phi) is 2.82. The van der Waals surface area contributed by atoms with Gasteiger partial charge in [0, 0.05) is 18.3 Å². The van der Waals surface area contributed by atoms with Gasteiger partial charge < -0.3 is 14.0 Å². The third kappa shape index (κ3) is 1.63. The van der Waals surface area contributed by atoms with Gasteiger partial charge in [-0.2, -0.15) is 0 Å². The molecule has 1 aliphatic heterocycles. The highest BCUT2D eigenvalue weighted by Crippen LogP contribution is 2.37. The minimum absolute atomic E-state index is 0.240. The van der Waals surface area contributed by atoms with Gasteiger partial charge in [0.25, 0.3) is 0 Å². The Hall–Kier alpha value is -2.56. The molecule has 2 heterocycles. The van der Waals surface area contributed by atoms with E-state index in [4.69, 9.17) is 9.47 Å². The third-order valence-corrected chi connectivity index (χ3v) is 3.49. The topological polar surface area (TPSA) is 57.5 Å². The molecule has 0 spiro atoms. The molecule has 1 aromatic carbocycles. The molecule has 5 nitrogen and oxygen atoms in total. The summed E-state index contributed by atoms with van der Waals surface area (Å²) < 4.78 is 11.4. The van der Waals surface area contributed by atoms with E-state index in [0.717, 1.165) is 11.1 Å². The third-order valence-electron chi connectivity index (χ3n) is 3.49. The first-order chi connectivity index (χ1) is 9.67. The van der Waals surface area contributed by atoms with Gasteiger partial charge in [-0.25, -0.2) is 9.59 Å². The maximum absolute atomic E-state index is 12.0. The van der Waals surface area contributed by atoms with E-state index >= 15 is 0 Å². The van der Waals surface area contributed by atoms with E-state index in [0.29, 0.717) is 12.2 Å². The number of methoxy groups -OCH3 is 2. The average molecular weight is 271 g/mol. The molecule has 1 aromatic heterocycles. The van der Waals surface area contributed by atoms with Crippen molar-refractivity contribution >= 4 is 11.9 Å². The number of fused-ring (bicyclic) bond motifs is 3. The number of ether oxygens (including phenoxy) is 2. The van der Waals surface area contributed by atoms with Crippen LogP contribution in [0.3, 0.4) is 0 Å². The number of esters is 2. The highest BCUT2D eigenvalue weighted by Gasteiger charge is 2.31. The lowest BCUT2D eigenvalue weighted by atomic mass is 10.0. The lowest BCUT2D eigenvalue weighted by molar-refractivity contribution is 0.0557. The molecular formula is C15H13NO4. The maximum atomic E-state index is 12.0.